The first-order chi connectivity index (χ1) is 17.3. The highest BCUT2D eigenvalue weighted by atomic mass is 35.5. The topological polar surface area (TPSA) is 66.8 Å². The van der Waals surface area contributed by atoms with Crippen LogP contribution in [-0.2, 0) is 30.4 Å². The number of carboxylic acids is 1. The van der Waals surface area contributed by atoms with Crippen molar-refractivity contribution in [3.05, 3.63) is 99.3 Å². The fraction of sp³-hybridized carbons (Fsp3) is 0.259. The van der Waals surface area contributed by atoms with Crippen LogP contribution in [0, 0.1) is 5.82 Å². The van der Waals surface area contributed by atoms with Crippen molar-refractivity contribution in [2.75, 3.05) is 6.54 Å². The summed E-state index contributed by atoms with van der Waals surface area (Å²) in [7, 11) is 0. The van der Waals surface area contributed by atoms with Crippen molar-refractivity contribution in [1.82, 2.24) is 4.90 Å². The van der Waals surface area contributed by atoms with Crippen LogP contribution in [0.1, 0.15) is 39.5 Å². The zero-order chi connectivity index (χ0) is 27.0. The van der Waals surface area contributed by atoms with Gasteiger partial charge in [-0.3, -0.25) is 9.59 Å². The number of ether oxygens (including phenoxy) is 1. The number of halogens is 5. The summed E-state index contributed by atoms with van der Waals surface area (Å²) in [6, 6.07) is 13.4. The van der Waals surface area contributed by atoms with Crippen LogP contribution >= 0.6 is 11.6 Å². The largest absolute Gasteiger partial charge is 0.487 e. The average Bonchev–Trinajstić information content (AvgIpc) is 3.15. The van der Waals surface area contributed by atoms with Crippen LogP contribution in [0.3, 0.4) is 0 Å². The minimum Gasteiger partial charge on any atom is -0.487 e. The third kappa shape index (κ3) is 6.22. The van der Waals surface area contributed by atoms with Crippen molar-refractivity contribution in [2.45, 2.75) is 38.1 Å². The van der Waals surface area contributed by atoms with Gasteiger partial charge in [0.2, 0.25) is 0 Å². The normalized spacial score (nSPS) is 16.7. The van der Waals surface area contributed by atoms with Crippen molar-refractivity contribution in [3.63, 3.8) is 0 Å². The van der Waals surface area contributed by atoms with Gasteiger partial charge in [0, 0.05) is 24.9 Å². The summed E-state index contributed by atoms with van der Waals surface area (Å²) < 4.78 is 58.2. The van der Waals surface area contributed by atoms with E-state index >= 15 is 0 Å². The maximum atomic E-state index is 13.5. The van der Waals surface area contributed by atoms with E-state index in [0.717, 1.165) is 28.2 Å². The van der Waals surface area contributed by atoms with Crippen LogP contribution in [0.4, 0.5) is 17.6 Å². The third-order valence-electron chi connectivity index (χ3n) is 6.06. The Morgan fingerprint density at radius 1 is 1.05 bits per heavy atom. The molecule has 0 saturated heterocycles. The van der Waals surface area contributed by atoms with E-state index in [9.17, 15) is 32.3 Å². The maximum absolute atomic E-state index is 13.5. The maximum Gasteiger partial charge on any atom is 0.416 e. The number of alkyl halides is 3. The lowest BCUT2D eigenvalue weighted by atomic mass is 9.91. The molecule has 1 N–H and O–H groups in total. The Morgan fingerprint density at radius 3 is 2.35 bits per heavy atom. The molecule has 0 saturated carbocycles. The van der Waals surface area contributed by atoms with Crippen molar-refractivity contribution in [1.29, 1.82) is 0 Å². The van der Waals surface area contributed by atoms with Gasteiger partial charge >= 0.3 is 12.1 Å². The summed E-state index contributed by atoms with van der Waals surface area (Å²) in [6.07, 6.45) is -3.63. The predicted octanol–water partition coefficient (Wildman–Crippen LogP) is 6.16. The van der Waals surface area contributed by atoms with Gasteiger partial charge in [-0.25, -0.2) is 4.39 Å². The van der Waals surface area contributed by atoms with Gasteiger partial charge in [-0.1, -0.05) is 29.8 Å². The van der Waals surface area contributed by atoms with Crippen molar-refractivity contribution >= 4 is 23.5 Å². The summed E-state index contributed by atoms with van der Waals surface area (Å²) in [6.45, 7) is 1.07. The molecule has 0 aliphatic carbocycles. The third-order valence-corrected chi connectivity index (χ3v) is 6.35. The molecule has 3 aromatic rings. The van der Waals surface area contributed by atoms with Gasteiger partial charge in [0.1, 0.15) is 23.7 Å². The van der Waals surface area contributed by atoms with E-state index in [2.05, 4.69) is 0 Å². The molecular weight excluding hydrogens is 514 g/mol. The first-order valence-electron chi connectivity index (χ1n) is 11.3. The Balaban J connectivity index is 1.51. The fourth-order valence-electron chi connectivity index (χ4n) is 4.40. The monoisotopic (exact) mass is 535 g/mol. The van der Waals surface area contributed by atoms with Crippen LogP contribution < -0.4 is 4.74 Å². The van der Waals surface area contributed by atoms with E-state index in [1.807, 2.05) is 6.92 Å². The highest BCUT2D eigenvalue weighted by molar-refractivity contribution is 6.30. The van der Waals surface area contributed by atoms with Crippen LogP contribution in [0.25, 0.3) is 0 Å². The zero-order valence-electron chi connectivity index (χ0n) is 19.6. The molecule has 37 heavy (non-hydrogen) atoms. The van der Waals surface area contributed by atoms with Gasteiger partial charge in [0.25, 0.3) is 5.91 Å². The van der Waals surface area contributed by atoms with Gasteiger partial charge in [-0.15, -0.1) is 0 Å². The van der Waals surface area contributed by atoms with Gasteiger partial charge < -0.3 is 14.7 Å². The Bertz CT molecular complexity index is 1340. The van der Waals surface area contributed by atoms with Crippen molar-refractivity contribution < 1.29 is 37.0 Å². The molecule has 0 fully saturated rings. The van der Waals surface area contributed by atoms with E-state index in [-0.39, 0.29) is 17.1 Å². The molecule has 194 valence electrons. The van der Waals surface area contributed by atoms with Crippen LogP contribution in [-0.4, -0.2) is 34.0 Å². The molecule has 1 aliphatic rings. The number of carbonyl (C=O) groups is 2. The molecule has 1 atom stereocenters. The molecule has 1 heterocycles. The zero-order valence-corrected chi connectivity index (χ0v) is 20.4. The average molecular weight is 536 g/mol. The lowest BCUT2D eigenvalue weighted by Gasteiger charge is -2.24. The number of aliphatic carboxylic acids is 1. The molecule has 1 aliphatic heterocycles. The number of carbonyl (C=O) groups excluding carboxylic acids is 1. The number of amides is 1. The molecule has 4 rings (SSSR count). The minimum atomic E-state index is -4.50. The number of benzene rings is 3. The fourth-order valence-corrected chi connectivity index (χ4v) is 4.60. The van der Waals surface area contributed by atoms with Gasteiger partial charge in [-0.2, -0.15) is 13.2 Å². The smallest absolute Gasteiger partial charge is 0.416 e. The molecular formula is C27H22ClF4NO4. The number of rotatable bonds is 7. The molecule has 0 aromatic heterocycles. The Labute approximate surface area is 215 Å². The number of hydrogen-bond acceptors (Lipinski definition) is 3. The first-order valence-corrected chi connectivity index (χ1v) is 11.6. The Morgan fingerprint density at radius 2 is 1.73 bits per heavy atom. The number of carboxylic acid groups (broad SMARTS) is 1. The minimum absolute atomic E-state index is 0.0102. The summed E-state index contributed by atoms with van der Waals surface area (Å²) >= 11 is 5.89. The predicted molar refractivity (Wildman–Crippen MR) is 128 cm³/mol. The van der Waals surface area contributed by atoms with Crippen LogP contribution in [0.15, 0.2) is 60.7 Å². The molecule has 0 spiro atoms. The molecule has 3 aromatic carbocycles. The van der Waals surface area contributed by atoms with E-state index in [0.29, 0.717) is 24.2 Å². The van der Waals surface area contributed by atoms with E-state index in [1.165, 1.54) is 30.3 Å². The van der Waals surface area contributed by atoms with Crippen LogP contribution in [0.2, 0.25) is 5.02 Å². The molecule has 0 radical (unpaired) electrons. The SMILES string of the molecule is C[C@@]1(Cc2ccc(F)c(Cl)c2)Cc2cc(C(=O)N(CC(=O)O)Cc3ccc(C(F)(F)F)cc3)ccc2O1. The van der Waals surface area contributed by atoms with Crippen molar-refractivity contribution in [2.24, 2.45) is 0 Å². The summed E-state index contributed by atoms with van der Waals surface area (Å²) in [4.78, 5) is 25.7. The molecule has 5 nitrogen and oxygen atoms in total. The van der Waals surface area contributed by atoms with E-state index in [1.54, 1.807) is 18.2 Å². The van der Waals surface area contributed by atoms with Crippen LogP contribution in [0.5, 0.6) is 5.75 Å². The quantitative estimate of drug-likeness (QED) is 0.368. The van der Waals surface area contributed by atoms with Gasteiger partial charge in [0.15, 0.2) is 0 Å². The van der Waals surface area contributed by atoms with E-state index in [4.69, 9.17) is 16.3 Å². The Kier molecular flexibility index (Phi) is 7.19. The lowest BCUT2D eigenvalue weighted by molar-refractivity contribution is -0.138. The first kappa shape index (κ1) is 26.5. The second kappa shape index (κ2) is 10.0. The number of fused-ring (bicyclic) bond motifs is 1. The lowest BCUT2D eigenvalue weighted by Crippen LogP contribution is -2.35. The molecule has 10 heteroatoms. The van der Waals surface area contributed by atoms with E-state index < -0.39 is 41.6 Å². The standard InChI is InChI=1S/C27H22ClF4NO4/c1-26(12-17-4-8-22(29)21(28)10-17)13-19-11-18(5-9-23(19)37-26)25(36)33(15-24(34)35)14-16-2-6-20(7-3-16)27(30,31)32/h2-11H,12-15H2,1H3,(H,34,35)/t26-/m1/s1. The van der Waals surface area contributed by atoms with Gasteiger partial charge in [0.05, 0.1) is 10.6 Å². The molecule has 0 bridgehead atoms. The highest BCUT2D eigenvalue weighted by Crippen LogP contribution is 2.38. The molecule has 1 amide bonds. The van der Waals surface area contributed by atoms with Gasteiger partial charge in [-0.05, 0) is 66.1 Å². The summed E-state index contributed by atoms with van der Waals surface area (Å²) in [5.74, 6) is -1.78. The molecule has 0 unspecified atom stereocenters. The number of nitrogens with zero attached hydrogens (tertiary/aromatic N) is 1. The summed E-state index contributed by atoms with van der Waals surface area (Å²) in [5.41, 5.74) is 0.597. The van der Waals surface area contributed by atoms with Crippen molar-refractivity contribution in [3.8, 4) is 5.75 Å². The Hall–Kier alpha value is -3.59. The second-order valence-electron chi connectivity index (χ2n) is 9.23. The number of hydrogen-bond donors (Lipinski definition) is 1. The highest BCUT2D eigenvalue weighted by Gasteiger charge is 2.36. The second-order valence-corrected chi connectivity index (χ2v) is 9.63. The summed E-state index contributed by atoms with van der Waals surface area (Å²) in [5, 5.41) is 9.32.